The third kappa shape index (κ3) is 5.30. The van der Waals surface area contributed by atoms with Crippen molar-refractivity contribution in [2.75, 3.05) is 23.3 Å². The van der Waals surface area contributed by atoms with Crippen molar-refractivity contribution in [3.63, 3.8) is 0 Å². The summed E-state index contributed by atoms with van der Waals surface area (Å²) < 4.78 is 1.78. The topological polar surface area (TPSA) is 79.3 Å². The van der Waals surface area contributed by atoms with Crippen molar-refractivity contribution in [3.05, 3.63) is 89.8 Å². The first kappa shape index (κ1) is 22.9. The lowest BCUT2D eigenvalue weighted by molar-refractivity contribution is -0.116. The Morgan fingerprint density at radius 3 is 2.43 bits per heavy atom. The highest BCUT2D eigenvalue weighted by atomic mass is 35.5. The lowest BCUT2D eigenvalue weighted by atomic mass is 10.0. The van der Waals surface area contributed by atoms with Crippen molar-refractivity contribution < 1.29 is 9.59 Å². The van der Waals surface area contributed by atoms with Crippen LogP contribution in [0.15, 0.2) is 79.1 Å². The van der Waals surface area contributed by atoms with Gasteiger partial charge in [0.25, 0.3) is 5.91 Å². The number of para-hydroxylation sites is 1. The van der Waals surface area contributed by atoms with Crippen LogP contribution >= 0.6 is 11.6 Å². The smallest absolute Gasteiger partial charge is 0.268 e. The van der Waals surface area contributed by atoms with Gasteiger partial charge in [0.2, 0.25) is 5.91 Å². The largest absolute Gasteiger partial charge is 0.371 e. The standard InChI is InChI=1S/C27H26ClN5O2/c28-20-5-7-21(8-6-20)30-26(34)18-33-24-4-2-1-3-19(24)17-25(33)27(35)31-22-11-15-32(16-12-22)23-9-13-29-14-10-23/h1-10,13-14,17,22H,11-12,15-16,18H2,(H,30,34)(H,31,35). The van der Waals surface area contributed by atoms with Crippen molar-refractivity contribution in [2.45, 2.75) is 25.4 Å². The summed E-state index contributed by atoms with van der Waals surface area (Å²) in [6.07, 6.45) is 5.30. The van der Waals surface area contributed by atoms with E-state index in [4.69, 9.17) is 11.6 Å². The molecule has 4 aromatic rings. The number of nitrogens with one attached hydrogen (secondary N) is 2. The highest BCUT2D eigenvalue weighted by Crippen LogP contribution is 2.23. The normalized spacial score (nSPS) is 14.1. The lowest BCUT2D eigenvalue weighted by Crippen LogP contribution is -2.45. The van der Waals surface area contributed by atoms with Gasteiger partial charge in [-0.15, -0.1) is 0 Å². The van der Waals surface area contributed by atoms with E-state index < -0.39 is 0 Å². The number of rotatable bonds is 6. The van der Waals surface area contributed by atoms with Crippen LogP contribution in [0, 0.1) is 0 Å². The summed E-state index contributed by atoms with van der Waals surface area (Å²) in [4.78, 5) is 32.6. The maximum absolute atomic E-state index is 13.3. The molecule has 5 rings (SSSR count). The number of fused-ring (bicyclic) bond motifs is 1. The second-order valence-electron chi connectivity index (χ2n) is 8.67. The number of benzene rings is 2. The summed E-state index contributed by atoms with van der Waals surface area (Å²) >= 11 is 5.94. The van der Waals surface area contributed by atoms with E-state index in [1.807, 2.05) is 42.5 Å². The van der Waals surface area contributed by atoms with Crippen LogP contribution in [0.3, 0.4) is 0 Å². The fourth-order valence-corrected chi connectivity index (χ4v) is 4.67. The second kappa shape index (κ2) is 10.2. The molecule has 2 N–H and O–H groups in total. The average Bonchev–Trinajstić information content (AvgIpc) is 3.25. The summed E-state index contributed by atoms with van der Waals surface area (Å²) in [6, 6.07) is 20.6. The summed E-state index contributed by atoms with van der Waals surface area (Å²) in [5.74, 6) is -0.378. The molecular formula is C27H26ClN5O2. The maximum Gasteiger partial charge on any atom is 0.268 e. The van der Waals surface area contributed by atoms with Gasteiger partial charge in [-0.2, -0.15) is 0 Å². The van der Waals surface area contributed by atoms with Crippen LogP contribution < -0.4 is 15.5 Å². The average molecular weight is 488 g/mol. The Hall–Kier alpha value is -3.84. The van der Waals surface area contributed by atoms with Crippen LogP contribution in [0.5, 0.6) is 0 Å². The number of anilines is 2. The molecule has 3 heterocycles. The van der Waals surface area contributed by atoms with Gasteiger partial charge in [0.1, 0.15) is 12.2 Å². The molecule has 1 aliphatic rings. The summed E-state index contributed by atoms with van der Waals surface area (Å²) in [5, 5.41) is 7.60. The van der Waals surface area contributed by atoms with E-state index in [2.05, 4.69) is 20.5 Å². The van der Waals surface area contributed by atoms with E-state index in [9.17, 15) is 9.59 Å². The van der Waals surface area contributed by atoms with Gasteiger partial charge in [0.05, 0.1) is 0 Å². The molecule has 0 bridgehead atoms. The van der Waals surface area contributed by atoms with Crippen LogP contribution in [0.4, 0.5) is 11.4 Å². The molecule has 0 unspecified atom stereocenters. The zero-order valence-electron chi connectivity index (χ0n) is 19.2. The molecule has 1 saturated heterocycles. The van der Waals surface area contributed by atoms with Gasteiger partial charge in [-0.05, 0) is 61.4 Å². The zero-order valence-corrected chi connectivity index (χ0v) is 19.9. The molecule has 1 aliphatic heterocycles. The van der Waals surface area contributed by atoms with Gasteiger partial charge in [0.15, 0.2) is 0 Å². The summed E-state index contributed by atoms with van der Waals surface area (Å²) in [7, 11) is 0. The first-order valence-corrected chi connectivity index (χ1v) is 12.0. The monoisotopic (exact) mass is 487 g/mol. The minimum atomic E-state index is -0.214. The first-order valence-electron chi connectivity index (χ1n) is 11.7. The molecule has 8 heteroatoms. The van der Waals surface area contributed by atoms with Gasteiger partial charge in [-0.3, -0.25) is 14.6 Å². The molecule has 7 nitrogen and oxygen atoms in total. The van der Waals surface area contributed by atoms with Crippen LogP contribution in [0.2, 0.25) is 5.02 Å². The number of hydrogen-bond acceptors (Lipinski definition) is 4. The lowest BCUT2D eigenvalue weighted by Gasteiger charge is -2.33. The van der Waals surface area contributed by atoms with Gasteiger partial charge in [0, 0.05) is 58.8 Å². The third-order valence-corrected chi connectivity index (χ3v) is 6.58. The third-order valence-electron chi connectivity index (χ3n) is 6.33. The van der Waals surface area contributed by atoms with E-state index in [0.29, 0.717) is 16.4 Å². The quantitative estimate of drug-likeness (QED) is 0.412. The van der Waals surface area contributed by atoms with Crippen LogP contribution in [0.1, 0.15) is 23.3 Å². The Labute approximate surface area is 208 Å². The fourth-order valence-electron chi connectivity index (χ4n) is 4.54. The van der Waals surface area contributed by atoms with E-state index in [0.717, 1.165) is 42.5 Å². The number of amides is 2. The maximum atomic E-state index is 13.3. The van der Waals surface area contributed by atoms with E-state index in [1.54, 1.807) is 41.2 Å². The minimum Gasteiger partial charge on any atom is -0.371 e. The molecule has 0 spiro atoms. The molecule has 0 saturated carbocycles. The minimum absolute atomic E-state index is 0.0272. The highest BCUT2D eigenvalue weighted by Gasteiger charge is 2.24. The van der Waals surface area contributed by atoms with E-state index in [1.165, 1.54) is 0 Å². The number of nitrogens with zero attached hydrogens (tertiary/aromatic N) is 3. The van der Waals surface area contributed by atoms with Gasteiger partial charge >= 0.3 is 0 Å². The Balaban J connectivity index is 1.29. The molecule has 2 amide bonds. The van der Waals surface area contributed by atoms with Crippen molar-refractivity contribution >= 4 is 45.7 Å². The molecule has 2 aromatic heterocycles. The number of halogens is 1. The predicted octanol–water partition coefficient (Wildman–Crippen LogP) is 4.73. The van der Waals surface area contributed by atoms with E-state index >= 15 is 0 Å². The van der Waals surface area contributed by atoms with E-state index in [-0.39, 0.29) is 24.4 Å². The zero-order chi connectivity index (χ0) is 24.2. The van der Waals surface area contributed by atoms with Crippen molar-refractivity contribution in [2.24, 2.45) is 0 Å². The van der Waals surface area contributed by atoms with Crippen LogP contribution in [-0.2, 0) is 11.3 Å². The van der Waals surface area contributed by atoms with Gasteiger partial charge in [-0.1, -0.05) is 29.8 Å². The number of carbonyl (C=O) groups is 2. The number of aromatic nitrogens is 2. The Morgan fingerprint density at radius 1 is 0.971 bits per heavy atom. The fraction of sp³-hybridized carbons (Fsp3) is 0.222. The Kier molecular flexibility index (Phi) is 6.68. The molecule has 0 radical (unpaired) electrons. The summed E-state index contributed by atoms with van der Waals surface area (Å²) in [5.41, 5.74) is 3.13. The predicted molar refractivity (Wildman–Crippen MR) is 139 cm³/mol. The molecule has 35 heavy (non-hydrogen) atoms. The Morgan fingerprint density at radius 2 is 1.69 bits per heavy atom. The Bertz CT molecular complexity index is 1330. The summed E-state index contributed by atoms with van der Waals surface area (Å²) in [6.45, 7) is 1.75. The van der Waals surface area contributed by atoms with Gasteiger partial charge < -0.3 is 20.1 Å². The molecule has 2 aromatic carbocycles. The number of carbonyl (C=O) groups excluding carboxylic acids is 2. The van der Waals surface area contributed by atoms with Crippen LogP contribution in [0.25, 0.3) is 10.9 Å². The molecule has 1 fully saturated rings. The van der Waals surface area contributed by atoms with Crippen molar-refractivity contribution in [1.82, 2.24) is 14.9 Å². The molecular weight excluding hydrogens is 462 g/mol. The van der Waals surface area contributed by atoms with Gasteiger partial charge in [-0.25, -0.2) is 0 Å². The van der Waals surface area contributed by atoms with Crippen molar-refractivity contribution in [3.8, 4) is 0 Å². The highest BCUT2D eigenvalue weighted by molar-refractivity contribution is 6.30. The number of piperidine rings is 1. The van der Waals surface area contributed by atoms with Crippen LogP contribution in [-0.4, -0.2) is 40.5 Å². The molecule has 0 aliphatic carbocycles. The SMILES string of the molecule is O=C(Cn1c(C(=O)NC2CCN(c3ccncc3)CC2)cc2ccccc21)Nc1ccc(Cl)cc1. The molecule has 0 atom stereocenters. The number of pyridine rings is 1. The number of hydrogen-bond donors (Lipinski definition) is 2. The molecule has 178 valence electrons. The second-order valence-corrected chi connectivity index (χ2v) is 9.11. The first-order chi connectivity index (χ1) is 17.1. The van der Waals surface area contributed by atoms with Crippen molar-refractivity contribution in [1.29, 1.82) is 0 Å².